The van der Waals surface area contributed by atoms with Crippen molar-refractivity contribution in [2.24, 2.45) is 0 Å². The lowest BCUT2D eigenvalue weighted by atomic mass is 9.87. The number of allylic oxidation sites excluding steroid dienone is 1. The zero-order valence-corrected chi connectivity index (χ0v) is 15.4. The van der Waals surface area contributed by atoms with Crippen molar-refractivity contribution in [3.63, 3.8) is 0 Å². The molecule has 0 aliphatic carbocycles. The highest BCUT2D eigenvalue weighted by Crippen LogP contribution is 2.41. The number of benzene rings is 2. The van der Waals surface area contributed by atoms with Crippen molar-refractivity contribution in [2.75, 3.05) is 20.8 Å². The highest BCUT2D eigenvalue weighted by Gasteiger charge is 2.32. The molecule has 0 unspecified atom stereocenters. The quantitative estimate of drug-likeness (QED) is 0.734. The average Bonchev–Trinajstić information content (AvgIpc) is 2.70. The van der Waals surface area contributed by atoms with Crippen molar-refractivity contribution >= 4 is 5.91 Å². The molecule has 0 bridgehead atoms. The van der Waals surface area contributed by atoms with E-state index in [9.17, 15) is 4.79 Å². The van der Waals surface area contributed by atoms with Gasteiger partial charge in [0.1, 0.15) is 0 Å². The first-order valence-electron chi connectivity index (χ1n) is 8.89. The number of carbonyl (C=O) groups excluding carboxylic acids is 1. The average molecular weight is 351 g/mol. The van der Waals surface area contributed by atoms with Crippen molar-refractivity contribution in [1.29, 1.82) is 0 Å². The molecule has 2 aromatic rings. The maximum Gasteiger partial charge on any atom is 0.223 e. The number of carbonyl (C=O) groups is 1. The fourth-order valence-corrected chi connectivity index (χ4v) is 3.58. The number of nitrogens with zero attached hydrogens (tertiary/aromatic N) is 1. The number of hydrogen-bond donors (Lipinski definition) is 0. The zero-order chi connectivity index (χ0) is 18.5. The van der Waals surface area contributed by atoms with Crippen molar-refractivity contribution in [3.05, 3.63) is 71.8 Å². The molecule has 4 nitrogen and oxygen atoms in total. The van der Waals surface area contributed by atoms with E-state index in [0.29, 0.717) is 25.1 Å². The summed E-state index contributed by atoms with van der Waals surface area (Å²) in [5, 5.41) is 0. The predicted octanol–water partition coefficient (Wildman–Crippen LogP) is 4.14. The topological polar surface area (TPSA) is 38.8 Å². The summed E-state index contributed by atoms with van der Waals surface area (Å²) in [5.41, 5.74) is 3.41. The summed E-state index contributed by atoms with van der Waals surface area (Å²) >= 11 is 0. The maximum atomic E-state index is 12.9. The standard InChI is InChI=1S/C22H25NO3/c1-4-5-11-21(24)23-13-12-17-14-19(25-2)20(26-3)15-18(17)22(23)16-9-7-6-8-10-16/h4,6-10,14-15,22H,1,5,11-13H2,2-3H3/t22-/m1/s1. The number of methoxy groups -OCH3 is 2. The van der Waals surface area contributed by atoms with Crippen LogP contribution in [-0.2, 0) is 11.2 Å². The Labute approximate surface area is 155 Å². The predicted molar refractivity (Wildman–Crippen MR) is 103 cm³/mol. The van der Waals surface area contributed by atoms with Crippen LogP contribution in [0.2, 0.25) is 0 Å². The Bertz CT molecular complexity index is 785. The minimum Gasteiger partial charge on any atom is -0.493 e. The van der Waals surface area contributed by atoms with E-state index < -0.39 is 0 Å². The van der Waals surface area contributed by atoms with Crippen LogP contribution in [0.25, 0.3) is 0 Å². The number of hydrogen-bond acceptors (Lipinski definition) is 3. The lowest BCUT2D eigenvalue weighted by molar-refractivity contribution is -0.133. The normalized spacial score (nSPS) is 15.9. The number of rotatable bonds is 6. The van der Waals surface area contributed by atoms with Gasteiger partial charge in [0.25, 0.3) is 0 Å². The number of amides is 1. The van der Waals surface area contributed by atoms with Gasteiger partial charge in [-0.1, -0.05) is 36.4 Å². The second kappa shape index (κ2) is 8.09. The van der Waals surface area contributed by atoms with E-state index in [4.69, 9.17) is 9.47 Å². The highest BCUT2D eigenvalue weighted by atomic mass is 16.5. The smallest absolute Gasteiger partial charge is 0.223 e. The zero-order valence-electron chi connectivity index (χ0n) is 15.4. The molecule has 136 valence electrons. The summed E-state index contributed by atoms with van der Waals surface area (Å²) in [6, 6.07) is 14.1. The highest BCUT2D eigenvalue weighted by molar-refractivity contribution is 5.78. The van der Waals surface area contributed by atoms with Gasteiger partial charge in [-0.05, 0) is 41.7 Å². The molecular formula is C22H25NO3. The van der Waals surface area contributed by atoms with Gasteiger partial charge < -0.3 is 14.4 Å². The molecule has 1 amide bonds. The molecule has 1 aliphatic rings. The summed E-state index contributed by atoms with van der Waals surface area (Å²) in [6.45, 7) is 4.42. The molecule has 1 atom stereocenters. The third kappa shape index (κ3) is 3.45. The van der Waals surface area contributed by atoms with Crippen LogP contribution in [0.15, 0.2) is 55.1 Å². The molecule has 0 N–H and O–H groups in total. The lowest BCUT2D eigenvalue weighted by Crippen LogP contribution is -2.40. The Hall–Kier alpha value is -2.75. The monoisotopic (exact) mass is 351 g/mol. The van der Waals surface area contributed by atoms with Gasteiger partial charge in [-0.3, -0.25) is 4.79 Å². The number of ether oxygens (including phenoxy) is 2. The van der Waals surface area contributed by atoms with E-state index in [1.54, 1.807) is 20.3 Å². The first-order valence-corrected chi connectivity index (χ1v) is 8.89. The lowest BCUT2D eigenvalue weighted by Gasteiger charge is -2.38. The Morgan fingerprint density at radius 1 is 1.19 bits per heavy atom. The van der Waals surface area contributed by atoms with Crippen LogP contribution in [0.3, 0.4) is 0 Å². The Morgan fingerprint density at radius 3 is 2.54 bits per heavy atom. The van der Waals surface area contributed by atoms with Gasteiger partial charge in [0, 0.05) is 13.0 Å². The molecule has 0 spiro atoms. The van der Waals surface area contributed by atoms with Crippen LogP contribution in [-0.4, -0.2) is 31.6 Å². The summed E-state index contributed by atoms with van der Waals surface area (Å²) in [6.07, 6.45) is 3.77. The van der Waals surface area contributed by atoms with Gasteiger partial charge >= 0.3 is 0 Å². The molecule has 0 radical (unpaired) electrons. The van der Waals surface area contributed by atoms with Crippen LogP contribution in [0.1, 0.15) is 35.6 Å². The van der Waals surface area contributed by atoms with Crippen LogP contribution >= 0.6 is 0 Å². The Morgan fingerprint density at radius 2 is 1.88 bits per heavy atom. The van der Waals surface area contributed by atoms with Crippen molar-refractivity contribution in [2.45, 2.75) is 25.3 Å². The second-order valence-electron chi connectivity index (χ2n) is 6.38. The molecule has 1 heterocycles. The first kappa shape index (κ1) is 18.1. The second-order valence-corrected chi connectivity index (χ2v) is 6.38. The van der Waals surface area contributed by atoms with Crippen LogP contribution in [0.4, 0.5) is 0 Å². The summed E-state index contributed by atoms with van der Waals surface area (Å²) in [4.78, 5) is 14.8. The van der Waals surface area contributed by atoms with Crippen LogP contribution in [0, 0.1) is 0 Å². The van der Waals surface area contributed by atoms with Crippen molar-refractivity contribution < 1.29 is 14.3 Å². The van der Waals surface area contributed by atoms with Crippen molar-refractivity contribution in [3.8, 4) is 11.5 Å². The Kier molecular flexibility index (Phi) is 5.61. The van der Waals surface area contributed by atoms with Gasteiger partial charge in [0.15, 0.2) is 11.5 Å². The van der Waals surface area contributed by atoms with Gasteiger partial charge in [-0.25, -0.2) is 0 Å². The third-order valence-corrected chi connectivity index (χ3v) is 4.87. The molecule has 3 rings (SSSR count). The van der Waals surface area contributed by atoms with E-state index in [1.807, 2.05) is 35.2 Å². The number of fused-ring (bicyclic) bond motifs is 1. The van der Waals surface area contributed by atoms with E-state index in [2.05, 4.69) is 18.7 Å². The third-order valence-electron chi connectivity index (χ3n) is 4.87. The first-order chi connectivity index (χ1) is 12.7. The van der Waals surface area contributed by atoms with Gasteiger partial charge in [-0.2, -0.15) is 0 Å². The molecule has 0 saturated heterocycles. The minimum absolute atomic E-state index is 0.114. The van der Waals surface area contributed by atoms with Gasteiger partial charge in [0.2, 0.25) is 5.91 Å². The van der Waals surface area contributed by atoms with Gasteiger partial charge in [-0.15, -0.1) is 6.58 Å². The van der Waals surface area contributed by atoms with Crippen LogP contribution < -0.4 is 9.47 Å². The minimum atomic E-state index is -0.114. The van der Waals surface area contributed by atoms with Crippen LogP contribution in [0.5, 0.6) is 11.5 Å². The molecule has 0 saturated carbocycles. The SMILES string of the molecule is C=CCCC(=O)N1CCc2cc(OC)c(OC)cc2[C@H]1c1ccccc1. The summed E-state index contributed by atoms with van der Waals surface area (Å²) < 4.78 is 11.0. The summed E-state index contributed by atoms with van der Waals surface area (Å²) in [5.74, 6) is 1.57. The fourth-order valence-electron chi connectivity index (χ4n) is 3.58. The van der Waals surface area contributed by atoms with E-state index in [0.717, 1.165) is 23.3 Å². The molecule has 4 heteroatoms. The maximum absolute atomic E-state index is 12.9. The molecule has 0 aromatic heterocycles. The largest absolute Gasteiger partial charge is 0.493 e. The molecular weight excluding hydrogens is 326 g/mol. The van der Waals surface area contributed by atoms with E-state index in [-0.39, 0.29) is 11.9 Å². The summed E-state index contributed by atoms with van der Waals surface area (Å²) in [7, 11) is 3.28. The van der Waals surface area contributed by atoms with Gasteiger partial charge in [0.05, 0.1) is 20.3 Å². The van der Waals surface area contributed by atoms with E-state index >= 15 is 0 Å². The molecule has 2 aromatic carbocycles. The molecule has 1 aliphatic heterocycles. The Balaban J connectivity index is 2.08. The molecule has 0 fully saturated rings. The fraction of sp³-hybridized carbons (Fsp3) is 0.318. The van der Waals surface area contributed by atoms with Crippen molar-refractivity contribution in [1.82, 2.24) is 4.90 Å². The van der Waals surface area contributed by atoms with E-state index in [1.165, 1.54) is 5.56 Å². The molecule has 26 heavy (non-hydrogen) atoms.